The first-order valence-corrected chi connectivity index (χ1v) is 5.49. The number of rotatable bonds is 9. The van der Waals surface area contributed by atoms with Crippen molar-refractivity contribution in [3.8, 4) is 0 Å². The highest BCUT2D eigenvalue weighted by Crippen LogP contribution is 2.06. The van der Waals surface area contributed by atoms with Gasteiger partial charge in [-0.1, -0.05) is 0 Å². The summed E-state index contributed by atoms with van der Waals surface area (Å²) in [5, 5.41) is 3.18. The third kappa shape index (κ3) is 5.25. The van der Waals surface area contributed by atoms with Crippen molar-refractivity contribution >= 4 is 0 Å². The zero-order chi connectivity index (χ0) is 11.6. The van der Waals surface area contributed by atoms with Gasteiger partial charge in [0.2, 0.25) is 5.89 Å². The largest absolute Gasteiger partial charge is 0.444 e. The number of nitrogens with one attached hydrogen (secondary N) is 1. The molecule has 0 spiro atoms. The molecule has 0 unspecified atom stereocenters. The molecule has 0 bridgehead atoms. The first-order chi connectivity index (χ1) is 7.86. The van der Waals surface area contributed by atoms with Gasteiger partial charge in [0, 0.05) is 33.8 Å². The zero-order valence-corrected chi connectivity index (χ0v) is 9.99. The lowest BCUT2D eigenvalue weighted by Crippen LogP contribution is -2.18. The van der Waals surface area contributed by atoms with E-state index in [4.69, 9.17) is 13.9 Å². The molecule has 0 fully saturated rings. The molecule has 92 valence electrons. The highest BCUT2D eigenvalue weighted by molar-refractivity contribution is 4.94. The fourth-order valence-corrected chi connectivity index (χ4v) is 1.31. The van der Waals surface area contributed by atoms with Crippen molar-refractivity contribution in [1.82, 2.24) is 10.3 Å². The van der Waals surface area contributed by atoms with Crippen molar-refractivity contribution in [2.45, 2.75) is 19.4 Å². The van der Waals surface area contributed by atoms with Crippen LogP contribution in [0.25, 0.3) is 0 Å². The molecule has 5 nitrogen and oxygen atoms in total. The van der Waals surface area contributed by atoms with Crippen molar-refractivity contribution in [3.05, 3.63) is 17.8 Å². The van der Waals surface area contributed by atoms with E-state index in [2.05, 4.69) is 10.3 Å². The Bertz CT molecular complexity index is 276. The van der Waals surface area contributed by atoms with Crippen LogP contribution in [-0.2, 0) is 22.4 Å². The Morgan fingerprint density at radius 3 is 2.88 bits per heavy atom. The molecule has 5 heteroatoms. The Morgan fingerprint density at radius 2 is 2.12 bits per heavy atom. The Morgan fingerprint density at radius 1 is 1.31 bits per heavy atom. The van der Waals surface area contributed by atoms with Crippen LogP contribution in [0.3, 0.4) is 0 Å². The van der Waals surface area contributed by atoms with Crippen LogP contribution in [-0.4, -0.2) is 39.0 Å². The number of aromatic nitrogens is 1. The molecule has 16 heavy (non-hydrogen) atoms. The van der Waals surface area contributed by atoms with Crippen molar-refractivity contribution in [1.29, 1.82) is 0 Å². The van der Waals surface area contributed by atoms with Crippen LogP contribution < -0.4 is 5.32 Å². The molecule has 1 N–H and O–H groups in total. The molecule has 1 rings (SSSR count). The Labute approximate surface area is 96.1 Å². The average molecular weight is 228 g/mol. The normalized spacial score (nSPS) is 10.9. The second-order valence-electron chi connectivity index (χ2n) is 3.49. The summed E-state index contributed by atoms with van der Waals surface area (Å²) in [5.74, 6) is 1.64. The Balaban J connectivity index is 2.17. The SMILES string of the molecule is COCCCc1cnc(CNCCOC)o1. The number of hydrogen-bond acceptors (Lipinski definition) is 5. The third-order valence-corrected chi connectivity index (χ3v) is 2.13. The summed E-state index contributed by atoms with van der Waals surface area (Å²) in [5.41, 5.74) is 0. The predicted molar refractivity (Wildman–Crippen MR) is 60.3 cm³/mol. The summed E-state index contributed by atoms with van der Waals surface area (Å²) >= 11 is 0. The van der Waals surface area contributed by atoms with E-state index >= 15 is 0 Å². The maximum Gasteiger partial charge on any atom is 0.208 e. The summed E-state index contributed by atoms with van der Waals surface area (Å²) in [6.07, 6.45) is 3.62. The third-order valence-electron chi connectivity index (χ3n) is 2.13. The summed E-state index contributed by atoms with van der Waals surface area (Å²) < 4.78 is 15.4. The minimum atomic E-state index is 0.646. The molecule has 0 aromatic carbocycles. The summed E-state index contributed by atoms with van der Waals surface area (Å²) in [7, 11) is 3.38. The molecule has 0 atom stereocenters. The van der Waals surface area contributed by atoms with Crippen LogP contribution in [0.5, 0.6) is 0 Å². The molecular formula is C11H20N2O3. The number of nitrogens with zero attached hydrogens (tertiary/aromatic N) is 1. The molecule has 0 radical (unpaired) electrons. The fraction of sp³-hybridized carbons (Fsp3) is 0.727. The Kier molecular flexibility index (Phi) is 6.80. The van der Waals surface area contributed by atoms with E-state index in [0.717, 1.165) is 37.6 Å². The van der Waals surface area contributed by atoms with E-state index in [1.54, 1.807) is 20.4 Å². The highest BCUT2D eigenvalue weighted by atomic mass is 16.5. The van der Waals surface area contributed by atoms with E-state index in [0.29, 0.717) is 13.2 Å². The van der Waals surface area contributed by atoms with Gasteiger partial charge in [-0.3, -0.25) is 0 Å². The van der Waals surface area contributed by atoms with Gasteiger partial charge in [0.15, 0.2) is 0 Å². The molecule has 0 aliphatic heterocycles. The Hall–Kier alpha value is -0.910. The van der Waals surface area contributed by atoms with E-state index < -0.39 is 0 Å². The van der Waals surface area contributed by atoms with Gasteiger partial charge >= 0.3 is 0 Å². The molecule has 1 aromatic heterocycles. The molecule has 1 aromatic rings. The molecule has 0 saturated heterocycles. The monoisotopic (exact) mass is 228 g/mol. The molecule has 0 aliphatic carbocycles. The van der Waals surface area contributed by atoms with Gasteiger partial charge < -0.3 is 19.2 Å². The van der Waals surface area contributed by atoms with Crippen LogP contribution in [0.4, 0.5) is 0 Å². The van der Waals surface area contributed by atoms with Gasteiger partial charge in [-0.2, -0.15) is 0 Å². The zero-order valence-electron chi connectivity index (χ0n) is 9.99. The highest BCUT2D eigenvalue weighted by Gasteiger charge is 2.02. The number of oxazole rings is 1. The number of hydrogen-bond donors (Lipinski definition) is 1. The van der Waals surface area contributed by atoms with Crippen LogP contribution in [0.15, 0.2) is 10.6 Å². The van der Waals surface area contributed by atoms with Crippen LogP contribution in [0.1, 0.15) is 18.1 Å². The van der Waals surface area contributed by atoms with Gasteiger partial charge in [-0.15, -0.1) is 0 Å². The summed E-state index contributed by atoms with van der Waals surface area (Å²) in [4.78, 5) is 4.18. The van der Waals surface area contributed by atoms with Crippen molar-refractivity contribution in [2.24, 2.45) is 0 Å². The van der Waals surface area contributed by atoms with Crippen LogP contribution >= 0.6 is 0 Å². The van der Waals surface area contributed by atoms with Crippen molar-refractivity contribution < 1.29 is 13.9 Å². The fourth-order valence-electron chi connectivity index (χ4n) is 1.31. The van der Waals surface area contributed by atoms with E-state index in [1.807, 2.05) is 0 Å². The van der Waals surface area contributed by atoms with Crippen LogP contribution in [0.2, 0.25) is 0 Å². The van der Waals surface area contributed by atoms with Crippen LogP contribution in [0, 0.1) is 0 Å². The molecule has 0 aliphatic rings. The second-order valence-corrected chi connectivity index (χ2v) is 3.49. The summed E-state index contributed by atoms with van der Waals surface area (Å²) in [6.45, 7) is 2.90. The van der Waals surface area contributed by atoms with Gasteiger partial charge in [-0.25, -0.2) is 4.98 Å². The predicted octanol–water partition coefficient (Wildman–Crippen LogP) is 0.990. The van der Waals surface area contributed by atoms with Crippen molar-refractivity contribution in [2.75, 3.05) is 34.0 Å². The molecule has 1 heterocycles. The minimum absolute atomic E-state index is 0.646. The van der Waals surface area contributed by atoms with Gasteiger partial charge in [-0.05, 0) is 6.42 Å². The smallest absolute Gasteiger partial charge is 0.208 e. The van der Waals surface area contributed by atoms with Gasteiger partial charge in [0.25, 0.3) is 0 Å². The quantitative estimate of drug-likeness (QED) is 0.639. The topological polar surface area (TPSA) is 56.5 Å². The lowest BCUT2D eigenvalue weighted by atomic mass is 10.3. The second kappa shape index (κ2) is 8.27. The number of ether oxygens (including phenoxy) is 2. The minimum Gasteiger partial charge on any atom is -0.444 e. The first-order valence-electron chi connectivity index (χ1n) is 5.49. The lowest BCUT2D eigenvalue weighted by molar-refractivity contribution is 0.192. The molecule has 0 amide bonds. The van der Waals surface area contributed by atoms with E-state index in [9.17, 15) is 0 Å². The lowest BCUT2D eigenvalue weighted by Gasteiger charge is -2.00. The van der Waals surface area contributed by atoms with E-state index in [1.165, 1.54) is 0 Å². The van der Waals surface area contributed by atoms with E-state index in [-0.39, 0.29) is 0 Å². The van der Waals surface area contributed by atoms with Crippen molar-refractivity contribution in [3.63, 3.8) is 0 Å². The first kappa shape index (κ1) is 13.2. The van der Waals surface area contributed by atoms with Gasteiger partial charge in [0.05, 0.1) is 19.3 Å². The molecule has 0 saturated carbocycles. The average Bonchev–Trinajstić information content (AvgIpc) is 2.73. The standard InChI is InChI=1S/C11H20N2O3/c1-14-6-3-4-10-8-13-11(16-10)9-12-5-7-15-2/h8,12H,3-7,9H2,1-2H3. The number of methoxy groups -OCH3 is 2. The number of aryl methyl sites for hydroxylation is 1. The summed E-state index contributed by atoms with van der Waals surface area (Å²) in [6, 6.07) is 0. The maximum absolute atomic E-state index is 5.54. The molecular weight excluding hydrogens is 208 g/mol. The maximum atomic E-state index is 5.54. The van der Waals surface area contributed by atoms with Gasteiger partial charge in [0.1, 0.15) is 5.76 Å².